The lowest BCUT2D eigenvalue weighted by Gasteiger charge is -2.13. The van der Waals surface area contributed by atoms with Crippen molar-refractivity contribution in [2.75, 3.05) is 19.6 Å². The first-order valence-electron chi connectivity index (χ1n) is 8.24. The standard InChI is InChI=1S/C16H26N6S/c1-3-8-17-16(18-9-7-14-6-5-12-23-14)19-10-11-22-13-20-21-15(22)4-2/h5-6,12-13H,3-4,7-11H2,1-2H3,(H2,17,18,19). The number of hydrogen-bond acceptors (Lipinski definition) is 4. The van der Waals surface area contributed by atoms with E-state index in [1.807, 2.05) is 0 Å². The van der Waals surface area contributed by atoms with E-state index in [1.165, 1.54) is 4.88 Å². The fourth-order valence-electron chi connectivity index (χ4n) is 2.19. The summed E-state index contributed by atoms with van der Waals surface area (Å²) in [6.07, 6.45) is 4.75. The third kappa shape index (κ3) is 6.02. The Bertz CT molecular complexity index is 575. The van der Waals surface area contributed by atoms with Crippen LogP contribution >= 0.6 is 11.3 Å². The molecule has 126 valence electrons. The van der Waals surface area contributed by atoms with Crippen LogP contribution in [0.3, 0.4) is 0 Å². The van der Waals surface area contributed by atoms with Gasteiger partial charge in [0.15, 0.2) is 5.96 Å². The van der Waals surface area contributed by atoms with E-state index in [9.17, 15) is 0 Å². The third-order valence-electron chi connectivity index (χ3n) is 3.39. The molecule has 0 saturated carbocycles. The Morgan fingerprint density at radius 3 is 2.91 bits per heavy atom. The fraction of sp³-hybridized carbons (Fsp3) is 0.562. The van der Waals surface area contributed by atoms with E-state index in [1.54, 1.807) is 17.7 Å². The van der Waals surface area contributed by atoms with E-state index < -0.39 is 0 Å². The maximum Gasteiger partial charge on any atom is 0.191 e. The summed E-state index contributed by atoms with van der Waals surface area (Å²) < 4.78 is 2.08. The molecule has 2 rings (SSSR count). The molecule has 0 aliphatic heterocycles. The molecule has 0 fully saturated rings. The van der Waals surface area contributed by atoms with Crippen LogP contribution in [-0.2, 0) is 19.4 Å². The van der Waals surface area contributed by atoms with Gasteiger partial charge in [-0.1, -0.05) is 19.9 Å². The highest BCUT2D eigenvalue weighted by Gasteiger charge is 2.03. The van der Waals surface area contributed by atoms with Crippen molar-refractivity contribution >= 4 is 17.3 Å². The molecule has 23 heavy (non-hydrogen) atoms. The zero-order chi connectivity index (χ0) is 16.3. The Morgan fingerprint density at radius 1 is 1.30 bits per heavy atom. The number of nitrogens with one attached hydrogen (secondary N) is 2. The van der Waals surface area contributed by atoms with Gasteiger partial charge in [0.1, 0.15) is 12.2 Å². The highest BCUT2D eigenvalue weighted by Crippen LogP contribution is 2.07. The SMILES string of the molecule is CCCN=C(NCCc1cccs1)NCCn1cnnc1CC. The van der Waals surface area contributed by atoms with Crippen molar-refractivity contribution in [2.24, 2.45) is 4.99 Å². The molecule has 2 N–H and O–H groups in total. The van der Waals surface area contributed by atoms with Crippen molar-refractivity contribution in [3.8, 4) is 0 Å². The van der Waals surface area contributed by atoms with Gasteiger partial charge < -0.3 is 15.2 Å². The maximum atomic E-state index is 4.58. The normalized spacial score (nSPS) is 11.7. The Balaban J connectivity index is 1.76. The lowest BCUT2D eigenvalue weighted by atomic mass is 10.3. The Morgan fingerprint density at radius 2 is 2.17 bits per heavy atom. The van der Waals surface area contributed by atoms with Crippen LogP contribution in [0.1, 0.15) is 31.0 Å². The number of rotatable bonds is 9. The van der Waals surface area contributed by atoms with E-state index >= 15 is 0 Å². The topological polar surface area (TPSA) is 67.1 Å². The quantitative estimate of drug-likeness (QED) is 0.544. The molecule has 2 aromatic rings. The van der Waals surface area contributed by atoms with Gasteiger partial charge in [-0.3, -0.25) is 4.99 Å². The van der Waals surface area contributed by atoms with Crippen LogP contribution in [0, 0.1) is 0 Å². The van der Waals surface area contributed by atoms with Gasteiger partial charge in [-0.15, -0.1) is 21.5 Å². The van der Waals surface area contributed by atoms with Crippen molar-refractivity contribution in [2.45, 2.75) is 39.7 Å². The summed E-state index contributed by atoms with van der Waals surface area (Å²) in [6, 6.07) is 4.26. The lowest BCUT2D eigenvalue weighted by molar-refractivity contribution is 0.631. The van der Waals surface area contributed by atoms with Gasteiger partial charge in [-0.2, -0.15) is 0 Å². The summed E-state index contributed by atoms with van der Waals surface area (Å²) in [5.41, 5.74) is 0. The molecule has 0 aromatic carbocycles. The van der Waals surface area contributed by atoms with E-state index in [4.69, 9.17) is 0 Å². The smallest absolute Gasteiger partial charge is 0.191 e. The first kappa shape index (κ1) is 17.5. The second kappa shape index (κ2) is 9.99. The summed E-state index contributed by atoms with van der Waals surface area (Å²) in [6.45, 7) is 7.60. The zero-order valence-electron chi connectivity index (χ0n) is 14.0. The Labute approximate surface area is 142 Å². The first-order valence-corrected chi connectivity index (χ1v) is 9.12. The molecule has 6 nitrogen and oxygen atoms in total. The van der Waals surface area contributed by atoms with Crippen LogP contribution in [0.2, 0.25) is 0 Å². The predicted octanol–water partition coefficient (Wildman–Crippen LogP) is 2.09. The molecule has 0 unspecified atom stereocenters. The van der Waals surface area contributed by atoms with Gasteiger partial charge in [0.05, 0.1) is 0 Å². The van der Waals surface area contributed by atoms with Gasteiger partial charge in [0, 0.05) is 37.5 Å². The van der Waals surface area contributed by atoms with Crippen LogP contribution in [-0.4, -0.2) is 40.4 Å². The molecular formula is C16H26N6S. The van der Waals surface area contributed by atoms with E-state index in [-0.39, 0.29) is 0 Å². The molecule has 0 amide bonds. The number of aromatic nitrogens is 3. The second-order valence-corrected chi connectivity index (χ2v) is 6.24. The molecule has 2 heterocycles. The van der Waals surface area contributed by atoms with E-state index in [2.05, 4.69) is 61.8 Å². The molecule has 0 saturated heterocycles. The number of aryl methyl sites for hydroxylation is 1. The van der Waals surface area contributed by atoms with Crippen molar-refractivity contribution in [1.82, 2.24) is 25.4 Å². The van der Waals surface area contributed by atoms with Crippen molar-refractivity contribution in [3.63, 3.8) is 0 Å². The maximum absolute atomic E-state index is 4.58. The molecule has 0 aliphatic carbocycles. The predicted molar refractivity (Wildman–Crippen MR) is 96.0 cm³/mol. The van der Waals surface area contributed by atoms with Crippen LogP contribution in [0.5, 0.6) is 0 Å². The Kier molecular flexibility index (Phi) is 7.59. The van der Waals surface area contributed by atoms with Crippen molar-refractivity contribution in [1.29, 1.82) is 0 Å². The van der Waals surface area contributed by atoms with E-state index in [0.717, 1.165) is 57.2 Å². The van der Waals surface area contributed by atoms with Gasteiger partial charge >= 0.3 is 0 Å². The molecule has 0 bridgehead atoms. The molecule has 0 aliphatic rings. The third-order valence-corrected chi connectivity index (χ3v) is 4.33. The number of nitrogens with zero attached hydrogens (tertiary/aromatic N) is 4. The summed E-state index contributed by atoms with van der Waals surface area (Å²) in [5.74, 6) is 1.90. The van der Waals surface area contributed by atoms with Gasteiger partial charge in [-0.05, 0) is 24.3 Å². The Hall–Kier alpha value is -1.89. The first-order chi connectivity index (χ1) is 11.3. The van der Waals surface area contributed by atoms with Crippen molar-refractivity contribution < 1.29 is 0 Å². The molecule has 2 aromatic heterocycles. The van der Waals surface area contributed by atoms with Gasteiger partial charge in [0.2, 0.25) is 0 Å². The van der Waals surface area contributed by atoms with E-state index in [0.29, 0.717) is 0 Å². The molecule has 0 atom stereocenters. The molecule has 0 spiro atoms. The number of aliphatic imine (C=N–C) groups is 1. The van der Waals surface area contributed by atoms with Crippen LogP contribution < -0.4 is 10.6 Å². The highest BCUT2D eigenvalue weighted by atomic mass is 32.1. The van der Waals surface area contributed by atoms with Gasteiger partial charge in [0.25, 0.3) is 0 Å². The lowest BCUT2D eigenvalue weighted by Crippen LogP contribution is -2.40. The number of hydrogen-bond donors (Lipinski definition) is 2. The minimum absolute atomic E-state index is 0.805. The zero-order valence-corrected chi connectivity index (χ0v) is 14.8. The number of guanidine groups is 1. The summed E-state index contributed by atoms with van der Waals surface area (Å²) in [7, 11) is 0. The number of thiophene rings is 1. The average molecular weight is 334 g/mol. The van der Waals surface area contributed by atoms with Crippen LogP contribution in [0.25, 0.3) is 0 Å². The fourth-order valence-corrected chi connectivity index (χ4v) is 2.90. The molecule has 0 radical (unpaired) electrons. The largest absolute Gasteiger partial charge is 0.356 e. The minimum Gasteiger partial charge on any atom is -0.356 e. The monoisotopic (exact) mass is 334 g/mol. The molecule has 7 heteroatoms. The summed E-state index contributed by atoms with van der Waals surface area (Å²) in [4.78, 5) is 5.97. The van der Waals surface area contributed by atoms with Crippen LogP contribution in [0.4, 0.5) is 0 Å². The van der Waals surface area contributed by atoms with Gasteiger partial charge in [-0.25, -0.2) is 0 Å². The second-order valence-electron chi connectivity index (χ2n) is 5.21. The van der Waals surface area contributed by atoms with Crippen LogP contribution in [0.15, 0.2) is 28.8 Å². The average Bonchev–Trinajstić information content (AvgIpc) is 3.23. The highest BCUT2D eigenvalue weighted by molar-refractivity contribution is 7.09. The summed E-state index contributed by atoms with van der Waals surface area (Å²) in [5, 5.41) is 17.0. The summed E-state index contributed by atoms with van der Waals surface area (Å²) >= 11 is 1.80. The minimum atomic E-state index is 0.805. The van der Waals surface area contributed by atoms with Crippen molar-refractivity contribution in [3.05, 3.63) is 34.5 Å². The molecular weight excluding hydrogens is 308 g/mol.